The van der Waals surface area contributed by atoms with Gasteiger partial charge in [0.15, 0.2) is 0 Å². The van der Waals surface area contributed by atoms with Crippen LogP contribution in [-0.4, -0.2) is 9.55 Å². The number of hydrogen-bond acceptors (Lipinski definition) is 2. The summed E-state index contributed by atoms with van der Waals surface area (Å²) < 4.78 is 2.35. The summed E-state index contributed by atoms with van der Waals surface area (Å²) >= 11 is 0. The molecule has 0 saturated carbocycles. The lowest BCUT2D eigenvalue weighted by Crippen LogP contribution is -2.18. The monoisotopic (exact) mass is 287 g/mol. The quantitative estimate of drug-likeness (QED) is 0.717. The van der Waals surface area contributed by atoms with Crippen LogP contribution in [0.4, 0.5) is 0 Å². The summed E-state index contributed by atoms with van der Waals surface area (Å²) in [5, 5.41) is 0. The number of benzene rings is 1. The molecule has 0 aliphatic carbocycles. The fourth-order valence-corrected chi connectivity index (χ4v) is 2.92. The number of nitrogens with zero attached hydrogens (tertiary/aromatic N) is 2. The van der Waals surface area contributed by atoms with Crippen LogP contribution in [0, 0.1) is 5.92 Å². The lowest BCUT2D eigenvalue weighted by molar-refractivity contribution is 0.469. The van der Waals surface area contributed by atoms with Crippen molar-refractivity contribution < 1.29 is 0 Å². The molecule has 3 heteroatoms. The molecule has 1 unspecified atom stereocenters. The highest BCUT2D eigenvalue weighted by Gasteiger charge is 2.17. The summed E-state index contributed by atoms with van der Waals surface area (Å²) in [5.41, 5.74) is 8.70. The Morgan fingerprint density at radius 1 is 1.14 bits per heavy atom. The molecular weight excluding hydrogens is 258 g/mol. The first kappa shape index (κ1) is 16.0. The van der Waals surface area contributed by atoms with Gasteiger partial charge in [-0.2, -0.15) is 0 Å². The molecule has 0 aliphatic heterocycles. The zero-order valence-corrected chi connectivity index (χ0v) is 13.7. The highest BCUT2D eigenvalue weighted by Crippen LogP contribution is 2.24. The van der Waals surface area contributed by atoms with Gasteiger partial charge in [-0.1, -0.05) is 52.2 Å². The Balaban J connectivity index is 2.25. The molecule has 1 aromatic carbocycles. The zero-order valence-electron chi connectivity index (χ0n) is 13.7. The van der Waals surface area contributed by atoms with Crippen molar-refractivity contribution in [1.82, 2.24) is 9.55 Å². The zero-order chi connectivity index (χ0) is 15.2. The smallest absolute Gasteiger partial charge is 0.126 e. The molecule has 0 radical (unpaired) electrons. The van der Waals surface area contributed by atoms with Crippen molar-refractivity contribution in [2.24, 2.45) is 11.7 Å². The van der Waals surface area contributed by atoms with Gasteiger partial charge in [0.2, 0.25) is 0 Å². The average molecular weight is 287 g/mol. The van der Waals surface area contributed by atoms with Crippen LogP contribution in [0.3, 0.4) is 0 Å². The van der Waals surface area contributed by atoms with E-state index in [0.717, 1.165) is 24.3 Å². The number of aryl methyl sites for hydroxylation is 1. The summed E-state index contributed by atoms with van der Waals surface area (Å²) in [6.07, 6.45) is 6.04. The Kier molecular flexibility index (Phi) is 5.80. The van der Waals surface area contributed by atoms with Crippen molar-refractivity contribution in [1.29, 1.82) is 0 Å². The van der Waals surface area contributed by atoms with E-state index < -0.39 is 0 Å². The standard InChI is InChI=1S/C18H29N3/c1-4-5-6-9-12-21-17-11-8-7-10-16(17)20-18(21)15(19)13-14(2)3/h7-8,10-11,14-15H,4-6,9,12-13,19H2,1-3H3. The van der Waals surface area contributed by atoms with E-state index in [0.29, 0.717) is 5.92 Å². The third-order valence-corrected chi connectivity index (χ3v) is 3.98. The Bertz CT molecular complexity index is 557. The number of imidazole rings is 1. The molecule has 2 N–H and O–H groups in total. The van der Waals surface area contributed by atoms with E-state index in [1.54, 1.807) is 0 Å². The Labute approximate surface area is 128 Å². The molecule has 2 aromatic rings. The van der Waals surface area contributed by atoms with Gasteiger partial charge in [-0.25, -0.2) is 4.98 Å². The summed E-state index contributed by atoms with van der Waals surface area (Å²) in [7, 11) is 0. The van der Waals surface area contributed by atoms with Crippen molar-refractivity contribution in [3.63, 3.8) is 0 Å². The van der Waals surface area contributed by atoms with Crippen LogP contribution in [0.1, 0.15) is 64.7 Å². The van der Waals surface area contributed by atoms with Crippen molar-refractivity contribution in [3.8, 4) is 0 Å². The van der Waals surface area contributed by atoms with E-state index in [1.807, 2.05) is 0 Å². The molecule has 0 aliphatic rings. The van der Waals surface area contributed by atoms with Crippen LogP contribution < -0.4 is 5.73 Å². The number of nitrogens with two attached hydrogens (primary N) is 1. The predicted molar refractivity (Wildman–Crippen MR) is 90.3 cm³/mol. The van der Waals surface area contributed by atoms with Crippen LogP contribution in [-0.2, 0) is 6.54 Å². The first-order valence-corrected chi connectivity index (χ1v) is 8.34. The summed E-state index contributed by atoms with van der Waals surface area (Å²) in [4.78, 5) is 4.80. The summed E-state index contributed by atoms with van der Waals surface area (Å²) in [6.45, 7) is 7.71. The first-order chi connectivity index (χ1) is 10.1. The molecule has 0 bridgehead atoms. The molecule has 1 atom stereocenters. The van der Waals surface area contributed by atoms with Crippen LogP contribution in [0.2, 0.25) is 0 Å². The van der Waals surface area contributed by atoms with Gasteiger partial charge < -0.3 is 10.3 Å². The van der Waals surface area contributed by atoms with Crippen LogP contribution >= 0.6 is 0 Å². The van der Waals surface area contributed by atoms with Gasteiger partial charge in [0.05, 0.1) is 17.1 Å². The Morgan fingerprint density at radius 3 is 2.62 bits per heavy atom. The minimum atomic E-state index is 0.0311. The van der Waals surface area contributed by atoms with Crippen LogP contribution in [0.5, 0.6) is 0 Å². The molecule has 0 fully saturated rings. The number of hydrogen-bond donors (Lipinski definition) is 1. The van der Waals surface area contributed by atoms with Crippen LogP contribution in [0.25, 0.3) is 11.0 Å². The van der Waals surface area contributed by atoms with Gasteiger partial charge in [-0.3, -0.25) is 0 Å². The van der Waals surface area contributed by atoms with E-state index in [2.05, 4.69) is 49.6 Å². The number of rotatable bonds is 8. The lowest BCUT2D eigenvalue weighted by Gasteiger charge is -2.16. The SMILES string of the molecule is CCCCCCn1c(C(N)CC(C)C)nc2ccccc21. The number of para-hydroxylation sites is 2. The normalized spacial score (nSPS) is 13.2. The maximum Gasteiger partial charge on any atom is 0.126 e. The van der Waals surface area contributed by atoms with Gasteiger partial charge >= 0.3 is 0 Å². The number of aromatic nitrogens is 2. The Morgan fingerprint density at radius 2 is 1.90 bits per heavy atom. The summed E-state index contributed by atoms with van der Waals surface area (Å²) in [6, 6.07) is 8.42. The minimum Gasteiger partial charge on any atom is -0.327 e. The second-order valence-corrected chi connectivity index (χ2v) is 6.41. The van der Waals surface area contributed by atoms with Crippen molar-refractivity contribution in [2.75, 3.05) is 0 Å². The highest BCUT2D eigenvalue weighted by atomic mass is 15.1. The number of unbranched alkanes of at least 4 members (excludes halogenated alkanes) is 3. The van der Waals surface area contributed by atoms with Gasteiger partial charge in [0, 0.05) is 6.54 Å². The van der Waals surface area contributed by atoms with Crippen molar-refractivity contribution >= 4 is 11.0 Å². The number of fused-ring (bicyclic) bond motifs is 1. The van der Waals surface area contributed by atoms with Crippen LogP contribution in [0.15, 0.2) is 24.3 Å². The highest BCUT2D eigenvalue weighted by molar-refractivity contribution is 5.76. The van der Waals surface area contributed by atoms with Gasteiger partial charge in [0.1, 0.15) is 5.82 Å². The molecule has 116 valence electrons. The molecule has 0 spiro atoms. The maximum atomic E-state index is 6.41. The molecular formula is C18H29N3. The van der Waals surface area contributed by atoms with Gasteiger partial charge in [-0.05, 0) is 30.9 Å². The van der Waals surface area contributed by atoms with Gasteiger partial charge in [0.25, 0.3) is 0 Å². The van der Waals surface area contributed by atoms with E-state index in [-0.39, 0.29) is 6.04 Å². The molecule has 3 nitrogen and oxygen atoms in total. The first-order valence-electron chi connectivity index (χ1n) is 8.34. The van der Waals surface area contributed by atoms with E-state index in [1.165, 1.54) is 31.2 Å². The lowest BCUT2D eigenvalue weighted by atomic mass is 10.0. The van der Waals surface area contributed by atoms with Crippen molar-refractivity contribution in [3.05, 3.63) is 30.1 Å². The molecule has 0 saturated heterocycles. The second-order valence-electron chi connectivity index (χ2n) is 6.41. The third kappa shape index (κ3) is 4.07. The maximum absolute atomic E-state index is 6.41. The molecule has 1 aromatic heterocycles. The molecule has 1 heterocycles. The fourth-order valence-electron chi connectivity index (χ4n) is 2.92. The van der Waals surface area contributed by atoms with Crippen molar-refractivity contribution in [2.45, 2.75) is 65.5 Å². The predicted octanol–water partition coefficient (Wildman–Crippen LogP) is 4.66. The van der Waals surface area contributed by atoms with Gasteiger partial charge in [-0.15, -0.1) is 0 Å². The van der Waals surface area contributed by atoms with E-state index in [9.17, 15) is 0 Å². The topological polar surface area (TPSA) is 43.8 Å². The average Bonchev–Trinajstić information content (AvgIpc) is 2.82. The van der Waals surface area contributed by atoms with E-state index >= 15 is 0 Å². The van der Waals surface area contributed by atoms with E-state index in [4.69, 9.17) is 10.7 Å². The minimum absolute atomic E-state index is 0.0311. The fraction of sp³-hybridized carbons (Fsp3) is 0.611. The largest absolute Gasteiger partial charge is 0.327 e. The molecule has 0 amide bonds. The second kappa shape index (κ2) is 7.60. The summed E-state index contributed by atoms with van der Waals surface area (Å²) in [5.74, 6) is 1.65. The molecule has 21 heavy (non-hydrogen) atoms. The Hall–Kier alpha value is -1.35. The third-order valence-electron chi connectivity index (χ3n) is 3.98. The molecule has 2 rings (SSSR count).